The Hall–Kier alpha value is -2.27. The van der Waals surface area contributed by atoms with Gasteiger partial charge in [0.25, 0.3) is 0 Å². The van der Waals surface area contributed by atoms with Crippen LogP contribution < -0.4 is 10.9 Å². The van der Waals surface area contributed by atoms with Crippen molar-refractivity contribution in [2.24, 2.45) is 10.2 Å². The predicted octanol–water partition coefficient (Wildman–Crippen LogP) is 4.45. The summed E-state index contributed by atoms with van der Waals surface area (Å²) in [5.74, 6) is 1.46. The van der Waals surface area contributed by atoms with Crippen LogP contribution in [-0.2, 0) is 0 Å². The Labute approximate surface area is 112 Å². The predicted molar refractivity (Wildman–Crippen MR) is 75.7 cm³/mol. The van der Waals surface area contributed by atoms with E-state index < -0.39 is 0 Å². The average Bonchev–Trinajstić information content (AvgIpc) is 2.45. The minimum atomic E-state index is 0. The zero-order chi connectivity index (χ0) is 12.6. The van der Waals surface area contributed by atoms with Crippen LogP contribution in [0.1, 0.15) is 13.3 Å². The van der Waals surface area contributed by atoms with E-state index in [1.165, 1.54) is 0 Å². The van der Waals surface area contributed by atoms with Crippen LogP contribution in [0, 0.1) is 0 Å². The number of aromatic nitrogens is 1. The second-order valence-corrected chi connectivity index (χ2v) is 3.73. The first-order chi connectivity index (χ1) is 8.88. The fraction of sp³-hybridized carbons (Fsp3) is 0.214. The number of pyridine rings is 1. The van der Waals surface area contributed by atoms with E-state index in [9.17, 15) is 0 Å². The number of rotatable bonds is 5. The largest absolute Gasteiger partial charge is 0.494 e. The third-order valence-electron chi connectivity index (χ3n) is 2.23. The molecule has 5 heteroatoms. The molecule has 2 rings (SSSR count). The molecule has 0 saturated heterocycles. The summed E-state index contributed by atoms with van der Waals surface area (Å²) in [6, 6.07) is 13.1. The van der Waals surface area contributed by atoms with Gasteiger partial charge in [0.05, 0.1) is 12.3 Å². The van der Waals surface area contributed by atoms with Crippen molar-refractivity contribution in [3.8, 4) is 5.75 Å². The van der Waals surface area contributed by atoms with Gasteiger partial charge in [0.1, 0.15) is 5.75 Å². The van der Waals surface area contributed by atoms with E-state index in [1.807, 2.05) is 42.5 Å². The van der Waals surface area contributed by atoms with Crippen LogP contribution in [-0.4, -0.2) is 11.6 Å². The maximum atomic E-state index is 5.49. The molecule has 0 atom stereocenters. The second kappa shape index (κ2) is 7.94. The lowest BCUT2D eigenvalue weighted by Crippen LogP contribution is -1.93. The van der Waals surface area contributed by atoms with Gasteiger partial charge in [-0.15, -0.1) is 10.2 Å². The highest BCUT2D eigenvalue weighted by Crippen LogP contribution is 2.20. The Kier molecular flexibility index (Phi) is 6.18. The van der Waals surface area contributed by atoms with Gasteiger partial charge in [0, 0.05) is 6.20 Å². The zero-order valence-electron chi connectivity index (χ0n) is 11.0. The normalized spacial score (nSPS) is 10.2. The van der Waals surface area contributed by atoms with Crippen molar-refractivity contribution in [3.63, 3.8) is 0 Å². The Balaban J connectivity index is 0.00000180. The highest BCUT2D eigenvalue weighted by atomic mass is 16.5. The lowest BCUT2D eigenvalue weighted by Gasteiger charge is -2.03. The summed E-state index contributed by atoms with van der Waals surface area (Å²) < 4.78 is 5.49. The molecule has 19 heavy (non-hydrogen) atoms. The summed E-state index contributed by atoms with van der Waals surface area (Å²) in [5, 5.41) is 8.15. The Morgan fingerprint density at radius 3 is 2.47 bits per heavy atom. The summed E-state index contributed by atoms with van der Waals surface area (Å²) in [5.41, 5.74) is 0.782. The molecule has 1 aromatic heterocycles. The van der Waals surface area contributed by atoms with Crippen LogP contribution >= 0.6 is 0 Å². The average molecular weight is 258 g/mol. The molecule has 0 spiro atoms. The van der Waals surface area contributed by atoms with Crippen molar-refractivity contribution >= 4 is 11.5 Å². The minimum Gasteiger partial charge on any atom is -0.494 e. The van der Waals surface area contributed by atoms with Crippen molar-refractivity contribution in [1.29, 1.82) is 0 Å². The molecule has 0 aliphatic carbocycles. The maximum absolute atomic E-state index is 5.49. The van der Waals surface area contributed by atoms with Gasteiger partial charge < -0.3 is 10.9 Å². The molecule has 100 valence electrons. The number of hydrogen-bond acceptors (Lipinski definition) is 5. The molecule has 0 aliphatic rings. The number of ether oxygens (including phenoxy) is 1. The first kappa shape index (κ1) is 14.8. The van der Waals surface area contributed by atoms with Gasteiger partial charge in [-0.1, -0.05) is 13.0 Å². The monoisotopic (exact) mass is 258 g/mol. The van der Waals surface area contributed by atoms with E-state index in [-0.39, 0.29) is 6.15 Å². The van der Waals surface area contributed by atoms with Gasteiger partial charge in [0.2, 0.25) is 0 Å². The van der Waals surface area contributed by atoms with E-state index in [4.69, 9.17) is 4.74 Å². The Morgan fingerprint density at radius 1 is 1.05 bits per heavy atom. The van der Waals surface area contributed by atoms with Crippen molar-refractivity contribution in [1.82, 2.24) is 11.1 Å². The molecule has 1 heterocycles. The van der Waals surface area contributed by atoms with E-state index in [2.05, 4.69) is 22.1 Å². The summed E-state index contributed by atoms with van der Waals surface area (Å²) >= 11 is 0. The summed E-state index contributed by atoms with van der Waals surface area (Å²) in [7, 11) is 0. The minimum absolute atomic E-state index is 0. The van der Waals surface area contributed by atoms with Gasteiger partial charge in [-0.2, -0.15) is 0 Å². The van der Waals surface area contributed by atoms with Crippen LogP contribution in [0.3, 0.4) is 0 Å². The lowest BCUT2D eigenvalue weighted by molar-refractivity contribution is 0.317. The Bertz CT molecular complexity index is 497. The molecule has 0 saturated carbocycles. The molecule has 0 radical (unpaired) electrons. The molecular formula is C14H18N4O. The summed E-state index contributed by atoms with van der Waals surface area (Å²) in [4.78, 5) is 4.07. The lowest BCUT2D eigenvalue weighted by atomic mass is 10.3. The summed E-state index contributed by atoms with van der Waals surface area (Å²) in [6.45, 7) is 2.81. The van der Waals surface area contributed by atoms with Crippen molar-refractivity contribution in [2.75, 3.05) is 6.61 Å². The zero-order valence-corrected chi connectivity index (χ0v) is 11.0. The standard InChI is InChI=1S/C14H15N3O.H3N/c1-2-11-18-13-8-6-12(7-9-13)16-17-14-5-3-4-10-15-14;/h3-10H,2,11H2,1H3;1H3. The van der Waals surface area contributed by atoms with Crippen LogP contribution in [0.4, 0.5) is 11.5 Å². The molecule has 3 N–H and O–H groups in total. The first-order valence-electron chi connectivity index (χ1n) is 5.94. The van der Waals surface area contributed by atoms with Gasteiger partial charge in [-0.3, -0.25) is 0 Å². The number of azo groups is 1. The highest BCUT2D eigenvalue weighted by molar-refractivity contribution is 5.41. The van der Waals surface area contributed by atoms with E-state index in [0.717, 1.165) is 24.5 Å². The molecule has 0 bridgehead atoms. The molecular weight excluding hydrogens is 240 g/mol. The third-order valence-corrected chi connectivity index (χ3v) is 2.23. The van der Waals surface area contributed by atoms with E-state index in [0.29, 0.717) is 5.82 Å². The van der Waals surface area contributed by atoms with E-state index in [1.54, 1.807) is 6.20 Å². The fourth-order valence-corrected chi connectivity index (χ4v) is 1.35. The van der Waals surface area contributed by atoms with Gasteiger partial charge in [-0.25, -0.2) is 4.98 Å². The molecule has 0 amide bonds. The Morgan fingerprint density at radius 2 is 1.84 bits per heavy atom. The topological polar surface area (TPSA) is 81.8 Å². The number of nitrogens with zero attached hydrogens (tertiary/aromatic N) is 3. The first-order valence-corrected chi connectivity index (χ1v) is 5.94. The van der Waals surface area contributed by atoms with Gasteiger partial charge in [0.15, 0.2) is 5.82 Å². The van der Waals surface area contributed by atoms with Gasteiger partial charge in [-0.05, 0) is 42.8 Å². The van der Waals surface area contributed by atoms with Crippen molar-refractivity contribution in [2.45, 2.75) is 13.3 Å². The SMILES string of the molecule is CCCOc1ccc(N=Nc2ccccn2)cc1.N. The van der Waals surface area contributed by atoms with E-state index >= 15 is 0 Å². The molecule has 0 aliphatic heterocycles. The van der Waals surface area contributed by atoms with Gasteiger partial charge >= 0.3 is 0 Å². The van der Waals surface area contributed by atoms with Crippen molar-refractivity contribution < 1.29 is 4.74 Å². The van der Waals surface area contributed by atoms with Crippen LogP contribution in [0.2, 0.25) is 0 Å². The summed E-state index contributed by atoms with van der Waals surface area (Å²) in [6.07, 6.45) is 2.69. The maximum Gasteiger partial charge on any atom is 0.174 e. The highest BCUT2D eigenvalue weighted by Gasteiger charge is 1.94. The van der Waals surface area contributed by atoms with Crippen LogP contribution in [0.5, 0.6) is 5.75 Å². The van der Waals surface area contributed by atoms with Crippen LogP contribution in [0.15, 0.2) is 58.9 Å². The second-order valence-electron chi connectivity index (χ2n) is 3.73. The quantitative estimate of drug-likeness (QED) is 0.804. The fourth-order valence-electron chi connectivity index (χ4n) is 1.35. The van der Waals surface area contributed by atoms with Crippen LogP contribution in [0.25, 0.3) is 0 Å². The smallest absolute Gasteiger partial charge is 0.174 e. The molecule has 2 aromatic rings. The third kappa shape index (κ3) is 4.85. The molecule has 0 unspecified atom stereocenters. The molecule has 5 nitrogen and oxygen atoms in total. The number of benzene rings is 1. The molecule has 1 aromatic carbocycles. The number of hydrogen-bond donors (Lipinski definition) is 1. The molecule has 0 fully saturated rings. The van der Waals surface area contributed by atoms with Crippen molar-refractivity contribution in [3.05, 3.63) is 48.7 Å².